The van der Waals surface area contributed by atoms with E-state index in [9.17, 15) is 4.79 Å². The number of aromatic nitrogens is 3. The normalized spacial score (nSPS) is 10.0. The maximum Gasteiger partial charge on any atom is 0.237 e. The molecule has 0 aliphatic rings. The van der Waals surface area contributed by atoms with Crippen molar-refractivity contribution in [1.29, 1.82) is 0 Å². The molecule has 11 heavy (non-hydrogen) atoms. The zero-order chi connectivity index (χ0) is 8.43. The van der Waals surface area contributed by atoms with E-state index in [0.29, 0.717) is 11.0 Å². The van der Waals surface area contributed by atoms with Crippen LogP contribution in [0.1, 0.15) is 5.82 Å². The van der Waals surface area contributed by atoms with Crippen LogP contribution in [0.3, 0.4) is 0 Å². The highest BCUT2D eigenvalue weighted by Crippen LogP contribution is 2.03. The number of hydrogen-bond donors (Lipinski definition) is 2. The summed E-state index contributed by atoms with van der Waals surface area (Å²) in [6, 6.07) is 0. The van der Waals surface area contributed by atoms with Crippen molar-refractivity contribution in [1.82, 2.24) is 14.8 Å². The third-order valence-corrected chi connectivity index (χ3v) is 1.56. The van der Waals surface area contributed by atoms with Crippen LogP contribution in [0.15, 0.2) is 5.16 Å². The zero-order valence-corrected chi connectivity index (χ0v) is 6.88. The first-order valence-corrected chi connectivity index (χ1v) is 3.43. The van der Waals surface area contributed by atoms with Crippen LogP contribution in [-0.4, -0.2) is 20.7 Å². The van der Waals surface area contributed by atoms with Gasteiger partial charge in [-0.05, 0) is 6.92 Å². The van der Waals surface area contributed by atoms with E-state index < -0.39 is 5.91 Å². The molecule has 0 saturated carbocycles. The van der Waals surface area contributed by atoms with Crippen molar-refractivity contribution in [3.05, 3.63) is 5.82 Å². The Kier molecular flexibility index (Phi) is 2.13. The fraction of sp³-hybridized carbons (Fsp3) is 0.400. The summed E-state index contributed by atoms with van der Waals surface area (Å²) >= 11 is 3.97. The predicted octanol–water partition coefficient (Wildman–Crippen LogP) is -0.639. The highest BCUT2D eigenvalue weighted by molar-refractivity contribution is 7.80. The smallest absolute Gasteiger partial charge is 0.237 e. The Bertz CT molecular complexity index is 263. The van der Waals surface area contributed by atoms with Gasteiger partial charge in [0.2, 0.25) is 5.91 Å². The zero-order valence-electron chi connectivity index (χ0n) is 5.98. The van der Waals surface area contributed by atoms with Crippen molar-refractivity contribution in [2.45, 2.75) is 18.6 Å². The third kappa shape index (κ3) is 1.70. The van der Waals surface area contributed by atoms with Crippen LogP contribution in [0.25, 0.3) is 0 Å². The second-order valence-corrected chi connectivity index (χ2v) is 2.50. The number of thiol groups is 1. The van der Waals surface area contributed by atoms with Gasteiger partial charge in [0.05, 0.1) is 0 Å². The lowest BCUT2D eigenvalue weighted by Crippen LogP contribution is -2.19. The molecule has 1 aromatic rings. The molecule has 0 saturated heterocycles. The number of primary amides is 1. The van der Waals surface area contributed by atoms with E-state index in [1.807, 2.05) is 0 Å². The highest BCUT2D eigenvalue weighted by atomic mass is 32.1. The van der Waals surface area contributed by atoms with Gasteiger partial charge in [-0.1, -0.05) is 0 Å². The van der Waals surface area contributed by atoms with Gasteiger partial charge in [0, 0.05) is 0 Å². The van der Waals surface area contributed by atoms with Crippen molar-refractivity contribution >= 4 is 18.5 Å². The van der Waals surface area contributed by atoms with E-state index in [1.165, 1.54) is 4.57 Å². The molecule has 0 fully saturated rings. The van der Waals surface area contributed by atoms with E-state index in [1.54, 1.807) is 6.92 Å². The summed E-state index contributed by atoms with van der Waals surface area (Å²) < 4.78 is 1.53. The molecule has 6 heteroatoms. The van der Waals surface area contributed by atoms with Crippen LogP contribution in [0.4, 0.5) is 0 Å². The molecule has 0 unspecified atom stereocenters. The van der Waals surface area contributed by atoms with Crippen LogP contribution in [-0.2, 0) is 11.3 Å². The van der Waals surface area contributed by atoms with E-state index in [0.717, 1.165) is 0 Å². The number of rotatable bonds is 2. The highest BCUT2D eigenvalue weighted by Gasteiger charge is 2.06. The summed E-state index contributed by atoms with van der Waals surface area (Å²) in [7, 11) is 0. The minimum atomic E-state index is -0.428. The van der Waals surface area contributed by atoms with Crippen LogP contribution in [0.5, 0.6) is 0 Å². The summed E-state index contributed by atoms with van der Waals surface area (Å²) in [6.07, 6.45) is 0. The monoisotopic (exact) mass is 172 g/mol. The number of amides is 1. The molecule has 0 atom stereocenters. The molecular weight excluding hydrogens is 164 g/mol. The number of carbonyl (C=O) groups is 1. The second kappa shape index (κ2) is 2.91. The first-order valence-electron chi connectivity index (χ1n) is 2.98. The van der Waals surface area contributed by atoms with Crippen LogP contribution >= 0.6 is 12.6 Å². The van der Waals surface area contributed by atoms with Crippen molar-refractivity contribution in [2.75, 3.05) is 0 Å². The summed E-state index contributed by atoms with van der Waals surface area (Å²) in [5.41, 5.74) is 4.97. The van der Waals surface area contributed by atoms with Gasteiger partial charge in [-0.25, -0.2) is 0 Å². The number of hydrogen-bond acceptors (Lipinski definition) is 4. The lowest BCUT2D eigenvalue weighted by atomic mass is 10.5. The Labute approximate surface area is 69.0 Å². The molecule has 0 spiro atoms. The molecule has 5 nitrogen and oxygen atoms in total. The average Bonchev–Trinajstić information content (AvgIpc) is 2.18. The lowest BCUT2D eigenvalue weighted by Gasteiger charge is -2.00. The molecule has 0 aliphatic heterocycles. The number of nitrogens with zero attached hydrogens (tertiary/aromatic N) is 3. The van der Waals surface area contributed by atoms with Crippen molar-refractivity contribution < 1.29 is 4.79 Å². The van der Waals surface area contributed by atoms with Crippen LogP contribution in [0, 0.1) is 6.92 Å². The van der Waals surface area contributed by atoms with Gasteiger partial charge in [0.15, 0.2) is 5.16 Å². The molecule has 1 amide bonds. The molecule has 1 heterocycles. The first kappa shape index (κ1) is 8.06. The average molecular weight is 172 g/mol. The fourth-order valence-electron chi connectivity index (χ4n) is 0.711. The summed E-state index contributed by atoms with van der Waals surface area (Å²) in [5, 5.41) is 7.74. The number of nitrogens with two attached hydrogens (primary N) is 1. The second-order valence-electron chi connectivity index (χ2n) is 2.10. The number of carbonyl (C=O) groups excluding carboxylic acids is 1. The SMILES string of the molecule is Cc1nnc(S)n1CC(N)=O. The van der Waals surface area contributed by atoms with E-state index in [4.69, 9.17) is 5.73 Å². The summed E-state index contributed by atoms with van der Waals surface area (Å²) in [5.74, 6) is 0.206. The maximum absolute atomic E-state index is 10.5. The molecule has 0 aromatic carbocycles. The molecule has 0 radical (unpaired) electrons. The van der Waals surface area contributed by atoms with Gasteiger partial charge in [-0.15, -0.1) is 22.8 Å². The molecule has 2 N–H and O–H groups in total. The summed E-state index contributed by atoms with van der Waals surface area (Å²) in [4.78, 5) is 10.5. The van der Waals surface area contributed by atoms with Gasteiger partial charge >= 0.3 is 0 Å². The van der Waals surface area contributed by atoms with Crippen LogP contribution < -0.4 is 5.73 Å². The minimum Gasteiger partial charge on any atom is -0.368 e. The lowest BCUT2D eigenvalue weighted by molar-refractivity contribution is -0.118. The van der Waals surface area contributed by atoms with Crippen LogP contribution in [0.2, 0.25) is 0 Å². The predicted molar refractivity (Wildman–Crippen MR) is 41.2 cm³/mol. The quantitative estimate of drug-likeness (QED) is 0.583. The third-order valence-electron chi connectivity index (χ3n) is 1.23. The van der Waals surface area contributed by atoms with Gasteiger partial charge in [-0.3, -0.25) is 9.36 Å². The summed E-state index contributed by atoms with van der Waals surface area (Å²) in [6.45, 7) is 1.81. The number of aryl methyl sites for hydroxylation is 1. The van der Waals surface area contributed by atoms with E-state index >= 15 is 0 Å². The Hall–Kier alpha value is -1.04. The maximum atomic E-state index is 10.5. The van der Waals surface area contributed by atoms with E-state index in [2.05, 4.69) is 22.8 Å². The molecule has 60 valence electrons. The Balaban J connectivity index is 2.92. The molecule has 0 aliphatic carbocycles. The molecule has 1 aromatic heterocycles. The van der Waals surface area contributed by atoms with Gasteiger partial charge in [-0.2, -0.15) is 0 Å². The fourth-order valence-corrected chi connectivity index (χ4v) is 0.971. The van der Waals surface area contributed by atoms with Crippen molar-refractivity contribution in [2.24, 2.45) is 5.73 Å². The Morgan fingerprint density at radius 1 is 1.73 bits per heavy atom. The van der Waals surface area contributed by atoms with Crippen molar-refractivity contribution in [3.8, 4) is 0 Å². The minimum absolute atomic E-state index is 0.0810. The topological polar surface area (TPSA) is 73.8 Å². The standard InChI is InChI=1S/C5H8N4OS/c1-3-7-8-5(11)9(3)2-4(6)10/h2H2,1H3,(H2,6,10)(H,8,11). The van der Waals surface area contributed by atoms with Gasteiger partial charge in [0.1, 0.15) is 12.4 Å². The Morgan fingerprint density at radius 3 is 2.73 bits per heavy atom. The molecule has 0 bridgehead atoms. The molecule has 1 rings (SSSR count). The van der Waals surface area contributed by atoms with Gasteiger partial charge < -0.3 is 5.73 Å². The first-order chi connectivity index (χ1) is 5.11. The van der Waals surface area contributed by atoms with Crippen molar-refractivity contribution in [3.63, 3.8) is 0 Å². The van der Waals surface area contributed by atoms with Gasteiger partial charge in [0.25, 0.3) is 0 Å². The van der Waals surface area contributed by atoms with E-state index in [-0.39, 0.29) is 6.54 Å². The molecular formula is C5H8N4OS. The largest absolute Gasteiger partial charge is 0.368 e. The Morgan fingerprint density at radius 2 is 2.36 bits per heavy atom.